The van der Waals surface area contributed by atoms with Crippen molar-refractivity contribution in [2.45, 2.75) is 44.1 Å². The fraction of sp³-hybridized carbons (Fsp3) is 0.462. The molecule has 8 heteroatoms. The van der Waals surface area contributed by atoms with E-state index in [1.54, 1.807) is 12.3 Å². The first-order valence-corrected chi connectivity index (χ1v) is 12.1. The van der Waals surface area contributed by atoms with Crippen LogP contribution in [-0.2, 0) is 4.79 Å². The monoisotopic (exact) mass is 458 g/mol. The fourth-order valence-corrected chi connectivity index (χ4v) is 4.82. The van der Waals surface area contributed by atoms with Gasteiger partial charge in [0.15, 0.2) is 0 Å². The van der Waals surface area contributed by atoms with E-state index >= 15 is 0 Å². The largest absolute Gasteiger partial charge is 0.396 e. The Labute approximate surface area is 199 Å². The van der Waals surface area contributed by atoms with Crippen molar-refractivity contribution in [2.24, 2.45) is 5.92 Å². The number of amides is 1. The van der Waals surface area contributed by atoms with E-state index in [1.165, 1.54) is 0 Å². The summed E-state index contributed by atoms with van der Waals surface area (Å²) in [6.07, 6.45) is 8.08. The molecular weight excluding hydrogens is 428 g/mol. The lowest BCUT2D eigenvalue weighted by molar-refractivity contribution is -0.135. The third-order valence-electron chi connectivity index (χ3n) is 6.93. The van der Waals surface area contributed by atoms with Gasteiger partial charge in [0.2, 0.25) is 5.91 Å². The normalized spacial score (nSPS) is 20.1. The standard InChI is InChI=1S/C26H30N6O2/c1-2-17-7-9-28-23(13-17)29-21-14-20(15-27)26(30-25(21)19-5-6-19)31-10-11-32(24(34)8-12-33)22(16-31)18-3-4-18/h2,7,9,13-14,18-19,22,33H,1,3-6,8,10-12,16H2,(H,28,29). The second-order valence-electron chi connectivity index (χ2n) is 9.39. The number of aliphatic hydroxyl groups is 1. The second kappa shape index (κ2) is 9.43. The van der Waals surface area contributed by atoms with Crippen molar-refractivity contribution in [1.82, 2.24) is 14.9 Å². The molecule has 2 saturated carbocycles. The van der Waals surface area contributed by atoms with E-state index in [9.17, 15) is 15.2 Å². The van der Waals surface area contributed by atoms with E-state index in [0.717, 1.165) is 42.6 Å². The number of aliphatic hydroxyl groups excluding tert-OH is 1. The molecule has 0 spiro atoms. The number of piperazine rings is 1. The average molecular weight is 459 g/mol. The molecular formula is C26H30N6O2. The molecule has 3 aliphatic rings. The third kappa shape index (κ3) is 4.62. The topological polar surface area (TPSA) is 105 Å². The first-order chi connectivity index (χ1) is 16.6. The van der Waals surface area contributed by atoms with Crippen LogP contribution in [0.4, 0.5) is 17.3 Å². The lowest BCUT2D eigenvalue weighted by Gasteiger charge is -2.42. The van der Waals surface area contributed by atoms with Gasteiger partial charge in [0.1, 0.15) is 17.7 Å². The number of anilines is 3. The molecule has 1 unspecified atom stereocenters. The number of nitriles is 1. The van der Waals surface area contributed by atoms with Crippen LogP contribution in [0.2, 0.25) is 0 Å². The Morgan fingerprint density at radius 1 is 1.29 bits per heavy atom. The van der Waals surface area contributed by atoms with Gasteiger partial charge >= 0.3 is 0 Å². The van der Waals surface area contributed by atoms with E-state index in [-0.39, 0.29) is 25.0 Å². The minimum atomic E-state index is -0.125. The summed E-state index contributed by atoms with van der Waals surface area (Å²) in [7, 11) is 0. The molecule has 2 N–H and O–H groups in total. The van der Waals surface area contributed by atoms with Crippen molar-refractivity contribution in [1.29, 1.82) is 5.26 Å². The maximum atomic E-state index is 12.6. The second-order valence-corrected chi connectivity index (χ2v) is 9.39. The lowest BCUT2D eigenvalue weighted by Crippen LogP contribution is -2.56. The minimum Gasteiger partial charge on any atom is -0.396 e. The summed E-state index contributed by atoms with van der Waals surface area (Å²) < 4.78 is 0. The zero-order valence-corrected chi connectivity index (χ0v) is 19.3. The van der Waals surface area contributed by atoms with Gasteiger partial charge in [-0.25, -0.2) is 9.97 Å². The van der Waals surface area contributed by atoms with Crippen LogP contribution in [0.3, 0.4) is 0 Å². The van der Waals surface area contributed by atoms with Crippen LogP contribution in [0, 0.1) is 17.2 Å². The number of carbonyl (C=O) groups excluding carboxylic acids is 1. The minimum absolute atomic E-state index is 0.0139. The van der Waals surface area contributed by atoms with Crippen LogP contribution in [-0.4, -0.2) is 58.2 Å². The van der Waals surface area contributed by atoms with Gasteiger partial charge in [-0.15, -0.1) is 0 Å². The Morgan fingerprint density at radius 2 is 2.12 bits per heavy atom. The molecule has 34 heavy (non-hydrogen) atoms. The van der Waals surface area contributed by atoms with Crippen molar-refractivity contribution in [3.63, 3.8) is 0 Å². The zero-order chi connectivity index (χ0) is 23.7. The molecule has 0 radical (unpaired) electrons. The first kappa shape index (κ1) is 22.4. The van der Waals surface area contributed by atoms with E-state index in [1.807, 2.05) is 23.1 Å². The summed E-state index contributed by atoms with van der Waals surface area (Å²) in [5, 5.41) is 22.6. The molecule has 3 fully saturated rings. The van der Waals surface area contributed by atoms with E-state index in [0.29, 0.717) is 48.7 Å². The predicted octanol–water partition coefficient (Wildman–Crippen LogP) is 3.42. The van der Waals surface area contributed by atoms with Gasteiger partial charge < -0.3 is 20.2 Å². The highest BCUT2D eigenvalue weighted by Crippen LogP contribution is 2.45. The van der Waals surface area contributed by atoms with E-state index in [2.05, 4.69) is 27.8 Å². The predicted molar refractivity (Wildman–Crippen MR) is 131 cm³/mol. The highest BCUT2D eigenvalue weighted by Gasteiger charge is 2.41. The number of hydrogen-bond donors (Lipinski definition) is 2. The highest BCUT2D eigenvalue weighted by atomic mass is 16.3. The lowest BCUT2D eigenvalue weighted by atomic mass is 10.0. The molecule has 5 rings (SSSR count). The zero-order valence-electron chi connectivity index (χ0n) is 19.3. The van der Waals surface area contributed by atoms with Crippen LogP contribution < -0.4 is 10.2 Å². The first-order valence-electron chi connectivity index (χ1n) is 12.1. The average Bonchev–Trinajstić information content (AvgIpc) is 3.77. The summed E-state index contributed by atoms with van der Waals surface area (Å²) in [5.41, 5.74) is 3.29. The number of hydrogen-bond acceptors (Lipinski definition) is 7. The molecule has 1 amide bonds. The van der Waals surface area contributed by atoms with Crippen molar-refractivity contribution >= 4 is 29.3 Å². The van der Waals surface area contributed by atoms with Gasteiger partial charge in [0.25, 0.3) is 0 Å². The number of carbonyl (C=O) groups is 1. The highest BCUT2D eigenvalue weighted by molar-refractivity contribution is 5.77. The summed E-state index contributed by atoms with van der Waals surface area (Å²) in [5.74, 6) is 2.29. The van der Waals surface area contributed by atoms with Crippen LogP contribution in [0.1, 0.15) is 54.8 Å². The summed E-state index contributed by atoms with van der Waals surface area (Å²) in [6, 6.07) is 8.17. The maximum Gasteiger partial charge on any atom is 0.225 e. The molecule has 1 atom stereocenters. The van der Waals surface area contributed by atoms with Crippen LogP contribution in [0.5, 0.6) is 0 Å². The van der Waals surface area contributed by atoms with Gasteiger partial charge in [0, 0.05) is 38.2 Å². The fourth-order valence-electron chi connectivity index (χ4n) is 4.82. The van der Waals surface area contributed by atoms with Crippen LogP contribution >= 0.6 is 0 Å². The van der Waals surface area contributed by atoms with Crippen molar-refractivity contribution in [3.05, 3.63) is 47.8 Å². The maximum absolute atomic E-state index is 12.6. The molecule has 1 saturated heterocycles. The molecule has 8 nitrogen and oxygen atoms in total. The van der Waals surface area contributed by atoms with Crippen molar-refractivity contribution in [3.8, 4) is 6.07 Å². The quantitative estimate of drug-likeness (QED) is 0.624. The van der Waals surface area contributed by atoms with Gasteiger partial charge in [-0.2, -0.15) is 5.26 Å². The van der Waals surface area contributed by atoms with Crippen LogP contribution in [0.15, 0.2) is 31.0 Å². The van der Waals surface area contributed by atoms with Crippen molar-refractivity contribution in [2.75, 3.05) is 36.5 Å². The molecule has 1 aliphatic heterocycles. The molecule has 2 aromatic heterocycles. The van der Waals surface area contributed by atoms with Crippen LogP contribution in [0.25, 0.3) is 6.08 Å². The SMILES string of the molecule is C=Cc1ccnc(Nc2cc(C#N)c(N3CCN(C(=O)CCO)C(C4CC4)C3)nc2C2CC2)c1. The molecule has 2 aliphatic carbocycles. The number of nitrogens with zero attached hydrogens (tertiary/aromatic N) is 5. The Balaban J connectivity index is 1.44. The van der Waals surface area contributed by atoms with E-state index in [4.69, 9.17) is 4.98 Å². The van der Waals surface area contributed by atoms with Gasteiger partial charge in [0.05, 0.1) is 29.6 Å². The van der Waals surface area contributed by atoms with Gasteiger partial charge in [-0.3, -0.25) is 4.79 Å². The summed E-state index contributed by atoms with van der Waals surface area (Å²) in [4.78, 5) is 26.1. The smallest absolute Gasteiger partial charge is 0.225 e. The molecule has 2 aromatic rings. The Hall–Kier alpha value is -3.44. The Bertz CT molecular complexity index is 1130. The van der Waals surface area contributed by atoms with Gasteiger partial charge in [-0.05, 0) is 55.4 Å². The number of pyridine rings is 2. The number of nitrogens with one attached hydrogen (secondary N) is 1. The molecule has 3 heterocycles. The van der Waals surface area contributed by atoms with E-state index < -0.39 is 0 Å². The Kier molecular flexibility index (Phi) is 6.20. The molecule has 0 aromatic carbocycles. The van der Waals surface area contributed by atoms with Crippen molar-refractivity contribution < 1.29 is 9.90 Å². The number of aromatic nitrogens is 2. The summed E-state index contributed by atoms with van der Waals surface area (Å²) >= 11 is 0. The number of rotatable bonds is 8. The molecule has 0 bridgehead atoms. The molecule has 176 valence electrons. The van der Waals surface area contributed by atoms with Gasteiger partial charge in [-0.1, -0.05) is 12.7 Å². The third-order valence-corrected chi connectivity index (χ3v) is 6.93. The Morgan fingerprint density at radius 3 is 2.79 bits per heavy atom. The summed E-state index contributed by atoms with van der Waals surface area (Å²) in [6.45, 7) is 5.58.